The molecule has 0 N–H and O–H groups in total. The third-order valence-electron chi connectivity index (χ3n) is 3.30. The number of thiazole rings is 1. The molecule has 1 fully saturated rings. The highest BCUT2D eigenvalue weighted by molar-refractivity contribution is 7.80. The molecule has 1 amide bonds. The second-order valence-corrected chi connectivity index (χ2v) is 6.05. The summed E-state index contributed by atoms with van der Waals surface area (Å²) >= 11 is 5.87. The van der Waals surface area contributed by atoms with Crippen LogP contribution in [0.25, 0.3) is 10.2 Å². The summed E-state index contributed by atoms with van der Waals surface area (Å²) in [5.74, 6) is 1.28. The minimum atomic E-state index is 0.172. The Labute approximate surface area is 115 Å². The molecule has 1 atom stereocenters. The topological polar surface area (TPSA) is 33.2 Å². The van der Waals surface area contributed by atoms with E-state index in [1.54, 1.807) is 11.3 Å². The van der Waals surface area contributed by atoms with Crippen LogP contribution in [0.15, 0.2) is 18.2 Å². The molecule has 1 aliphatic rings. The van der Waals surface area contributed by atoms with Gasteiger partial charge in [0.05, 0.1) is 10.2 Å². The molecule has 1 aliphatic heterocycles. The lowest BCUT2D eigenvalue weighted by Gasteiger charge is -2.11. The minimum absolute atomic E-state index is 0.172. The molecule has 1 saturated heterocycles. The number of aryl methyl sites for hydroxylation is 1. The molecule has 3 nitrogen and oxygen atoms in total. The molecule has 2 heterocycles. The van der Waals surface area contributed by atoms with E-state index in [1.807, 2.05) is 24.0 Å². The van der Waals surface area contributed by atoms with Crippen LogP contribution in [0.3, 0.4) is 0 Å². The number of benzene rings is 1. The van der Waals surface area contributed by atoms with Gasteiger partial charge in [-0.15, -0.1) is 0 Å². The number of aromatic nitrogens is 1. The highest BCUT2D eigenvalue weighted by atomic mass is 32.1. The number of hydrogen-bond donors (Lipinski definition) is 1. The summed E-state index contributed by atoms with van der Waals surface area (Å²) in [5.41, 5.74) is 2.17. The number of fused-ring (bicyclic) bond motifs is 1. The fraction of sp³-hybridized carbons (Fsp3) is 0.385. The Morgan fingerprint density at radius 3 is 3.06 bits per heavy atom. The maximum Gasteiger partial charge on any atom is 0.229 e. The summed E-state index contributed by atoms with van der Waals surface area (Å²) in [5, 5.41) is 0.827. The molecular formula is C13H14N2OS2. The van der Waals surface area contributed by atoms with E-state index in [0.29, 0.717) is 12.3 Å². The van der Waals surface area contributed by atoms with Crippen molar-refractivity contribution < 1.29 is 4.79 Å². The number of nitrogens with zero attached hydrogens (tertiary/aromatic N) is 2. The third-order valence-corrected chi connectivity index (χ3v) is 4.86. The number of thiol groups is 1. The Morgan fingerprint density at radius 1 is 1.56 bits per heavy atom. The van der Waals surface area contributed by atoms with Crippen molar-refractivity contribution in [2.24, 2.45) is 5.92 Å². The highest BCUT2D eigenvalue weighted by Gasteiger charge is 2.31. The predicted octanol–water partition coefficient (Wildman–Crippen LogP) is 2.89. The van der Waals surface area contributed by atoms with E-state index in [0.717, 1.165) is 33.2 Å². The first-order valence-corrected chi connectivity index (χ1v) is 7.41. The van der Waals surface area contributed by atoms with E-state index in [1.165, 1.54) is 0 Å². The van der Waals surface area contributed by atoms with E-state index in [-0.39, 0.29) is 5.91 Å². The third kappa shape index (κ3) is 1.91. The molecule has 1 unspecified atom stereocenters. The normalized spacial score (nSPS) is 20.0. The van der Waals surface area contributed by atoms with E-state index < -0.39 is 0 Å². The second kappa shape index (κ2) is 4.55. The van der Waals surface area contributed by atoms with E-state index in [4.69, 9.17) is 0 Å². The van der Waals surface area contributed by atoms with Crippen molar-refractivity contribution in [3.63, 3.8) is 0 Å². The second-order valence-electron chi connectivity index (χ2n) is 4.68. The van der Waals surface area contributed by atoms with E-state index in [2.05, 4.69) is 23.7 Å². The van der Waals surface area contributed by atoms with Crippen molar-refractivity contribution in [3.8, 4) is 0 Å². The molecule has 0 bridgehead atoms. The van der Waals surface area contributed by atoms with Crippen molar-refractivity contribution in [3.05, 3.63) is 23.8 Å². The van der Waals surface area contributed by atoms with Crippen LogP contribution in [-0.2, 0) is 4.79 Å². The van der Waals surface area contributed by atoms with Crippen molar-refractivity contribution in [2.45, 2.75) is 13.3 Å². The van der Waals surface area contributed by atoms with Gasteiger partial charge in [0, 0.05) is 13.0 Å². The van der Waals surface area contributed by atoms with Crippen molar-refractivity contribution in [1.82, 2.24) is 4.98 Å². The summed E-state index contributed by atoms with van der Waals surface area (Å²) in [4.78, 5) is 18.4. The van der Waals surface area contributed by atoms with Gasteiger partial charge in [-0.2, -0.15) is 12.6 Å². The van der Waals surface area contributed by atoms with Gasteiger partial charge in [0.1, 0.15) is 0 Å². The Balaban J connectivity index is 2.00. The van der Waals surface area contributed by atoms with E-state index >= 15 is 0 Å². The van der Waals surface area contributed by atoms with Crippen LogP contribution in [0.4, 0.5) is 5.13 Å². The van der Waals surface area contributed by atoms with Crippen LogP contribution in [0.2, 0.25) is 0 Å². The summed E-state index contributed by atoms with van der Waals surface area (Å²) in [6, 6.07) is 6.14. The number of rotatable bonds is 2. The first kappa shape index (κ1) is 12.0. The molecule has 18 heavy (non-hydrogen) atoms. The predicted molar refractivity (Wildman–Crippen MR) is 78.7 cm³/mol. The molecule has 0 saturated carbocycles. The summed E-state index contributed by atoms with van der Waals surface area (Å²) in [6.45, 7) is 2.80. The van der Waals surface area contributed by atoms with Crippen molar-refractivity contribution in [2.75, 3.05) is 17.2 Å². The quantitative estimate of drug-likeness (QED) is 0.857. The molecule has 5 heteroatoms. The first-order valence-electron chi connectivity index (χ1n) is 5.96. The smallest absolute Gasteiger partial charge is 0.229 e. The average Bonchev–Trinajstić information content (AvgIpc) is 2.93. The SMILES string of the molecule is Cc1cccc2sc(N3CC(CS)CC3=O)nc12. The molecule has 3 rings (SSSR count). The molecule has 0 aliphatic carbocycles. The molecule has 0 radical (unpaired) electrons. The zero-order chi connectivity index (χ0) is 12.7. The van der Waals surface area contributed by atoms with Gasteiger partial charge in [0.2, 0.25) is 5.91 Å². The van der Waals surface area contributed by atoms with Gasteiger partial charge >= 0.3 is 0 Å². The highest BCUT2D eigenvalue weighted by Crippen LogP contribution is 2.33. The van der Waals surface area contributed by atoms with E-state index in [9.17, 15) is 4.79 Å². The average molecular weight is 278 g/mol. The lowest BCUT2D eigenvalue weighted by molar-refractivity contribution is -0.117. The zero-order valence-electron chi connectivity index (χ0n) is 10.1. The maximum atomic E-state index is 12.0. The molecule has 2 aromatic rings. The molecular weight excluding hydrogens is 264 g/mol. The first-order chi connectivity index (χ1) is 8.69. The van der Waals surface area contributed by atoms with Gasteiger partial charge in [-0.05, 0) is 30.2 Å². The summed E-state index contributed by atoms with van der Waals surface area (Å²) in [7, 11) is 0. The number of para-hydroxylation sites is 1. The largest absolute Gasteiger partial charge is 0.288 e. The lowest BCUT2D eigenvalue weighted by Crippen LogP contribution is -2.24. The van der Waals surface area contributed by atoms with Crippen molar-refractivity contribution in [1.29, 1.82) is 0 Å². The van der Waals surface area contributed by atoms with Crippen LogP contribution in [0, 0.1) is 12.8 Å². The van der Waals surface area contributed by atoms with Gasteiger partial charge in [-0.1, -0.05) is 23.5 Å². The Hall–Kier alpha value is -1.07. The molecule has 1 aromatic heterocycles. The summed E-state index contributed by atoms with van der Waals surface area (Å²) in [6.07, 6.45) is 0.596. The van der Waals surface area contributed by atoms with Gasteiger partial charge < -0.3 is 0 Å². The number of carbonyl (C=O) groups excluding carboxylic acids is 1. The van der Waals surface area contributed by atoms with Gasteiger partial charge in [-0.25, -0.2) is 4.98 Å². The minimum Gasteiger partial charge on any atom is -0.288 e. The maximum absolute atomic E-state index is 12.0. The monoisotopic (exact) mass is 278 g/mol. The van der Waals surface area contributed by atoms with Gasteiger partial charge in [0.15, 0.2) is 5.13 Å². The lowest BCUT2D eigenvalue weighted by atomic mass is 10.1. The van der Waals surface area contributed by atoms with Crippen LogP contribution in [0.5, 0.6) is 0 Å². The Bertz CT molecular complexity index is 608. The molecule has 94 valence electrons. The Morgan fingerprint density at radius 2 is 2.39 bits per heavy atom. The van der Waals surface area contributed by atoms with Crippen LogP contribution in [0.1, 0.15) is 12.0 Å². The van der Waals surface area contributed by atoms with Gasteiger partial charge in [0.25, 0.3) is 0 Å². The number of carbonyl (C=O) groups is 1. The fourth-order valence-electron chi connectivity index (χ4n) is 2.28. The number of anilines is 1. The van der Waals surface area contributed by atoms with Crippen LogP contribution in [-0.4, -0.2) is 23.2 Å². The van der Waals surface area contributed by atoms with Crippen LogP contribution >= 0.6 is 24.0 Å². The Kier molecular flexibility index (Phi) is 3.03. The number of hydrogen-bond acceptors (Lipinski definition) is 4. The standard InChI is InChI=1S/C13H14N2OS2/c1-8-3-2-4-10-12(8)14-13(18-10)15-6-9(7-17)5-11(15)16/h2-4,9,17H,5-7H2,1H3. The summed E-state index contributed by atoms with van der Waals surface area (Å²) < 4.78 is 1.15. The zero-order valence-corrected chi connectivity index (χ0v) is 11.8. The van der Waals surface area contributed by atoms with Crippen LogP contribution < -0.4 is 4.90 Å². The number of amides is 1. The fourth-order valence-corrected chi connectivity index (χ4v) is 3.59. The molecule has 0 spiro atoms. The van der Waals surface area contributed by atoms with Gasteiger partial charge in [-0.3, -0.25) is 9.69 Å². The molecule has 1 aromatic carbocycles. The van der Waals surface area contributed by atoms with Crippen molar-refractivity contribution >= 4 is 45.2 Å².